The number of fused-ring (bicyclic) bond motifs is 1. The Morgan fingerprint density at radius 1 is 0.950 bits per heavy atom. The normalized spacial score (nSPS) is 20.0. The molecule has 224 valence electrons. The van der Waals surface area contributed by atoms with Crippen molar-refractivity contribution in [2.75, 3.05) is 60.4 Å². The Kier molecular flexibility index (Phi) is 11.5. The van der Waals surface area contributed by atoms with Crippen LogP contribution in [0.25, 0.3) is 0 Å². The van der Waals surface area contributed by atoms with Gasteiger partial charge in [0.1, 0.15) is 24.7 Å². The van der Waals surface area contributed by atoms with Crippen molar-refractivity contribution in [2.24, 2.45) is 5.41 Å². The van der Waals surface area contributed by atoms with Crippen LogP contribution in [0, 0.1) is 5.41 Å². The molecule has 1 heterocycles. The number of hydrogen-bond acceptors (Lipinski definition) is 6. The first kappa shape index (κ1) is 32.4. The van der Waals surface area contributed by atoms with Crippen LogP contribution in [-0.4, -0.2) is 84.5 Å². The first-order valence-electron chi connectivity index (χ1n) is 14.7. The minimum atomic E-state index is -3.69. The number of quaternary nitrogens is 1. The fourth-order valence-corrected chi connectivity index (χ4v) is 7.90. The molecule has 0 aromatic heterocycles. The lowest BCUT2D eigenvalue weighted by Gasteiger charge is -2.40. The average molecular weight is 577 g/mol. The molecule has 0 fully saturated rings. The summed E-state index contributed by atoms with van der Waals surface area (Å²) < 4.78 is 46.0. The number of unbranched alkanes of at least 4 members (excludes halogenated alkanes) is 2. The predicted octanol–water partition coefficient (Wildman–Crippen LogP) is 5.44. The number of nitrogens with zero attached hydrogens (tertiary/aromatic N) is 1. The first-order chi connectivity index (χ1) is 19.0. The predicted molar refractivity (Wildman–Crippen MR) is 160 cm³/mol. The van der Waals surface area contributed by atoms with E-state index in [1.54, 1.807) is 12.1 Å². The number of aliphatic hydroxyl groups is 1. The summed E-state index contributed by atoms with van der Waals surface area (Å²) in [6.45, 7) is 6.68. The van der Waals surface area contributed by atoms with Crippen LogP contribution in [-0.2, 0) is 14.6 Å². The van der Waals surface area contributed by atoms with Crippen LogP contribution >= 0.6 is 0 Å². The summed E-state index contributed by atoms with van der Waals surface area (Å²) in [7, 11) is 4.25. The third-order valence-electron chi connectivity index (χ3n) is 7.99. The van der Waals surface area contributed by atoms with Crippen molar-refractivity contribution in [3.05, 3.63) is 53.6 Å². The van der Waals surface area contributed by atoms with E-state index in [0.717, 1.165) is 42.3 Å². The number of hydrogen-bond donors (Lipinski definition) is 1. The SMILES string of the molecule is CCCCC1(CCCC)CS(=O)(=O)c2cc(OC)ccc2[C@@H](c2cccc(OCCOCC[N+](C)(C)C)c2)C1O. The van der Waals surface area contributed by atoms with E-state index < -0.39 is 27.3 Å². The van der Waals surface area contributed by atoms with Crippen molar-refractivity contribution >= 4 is 9.84 Å². The summed E-state index contributed by atoms with van der Waals surface area (Å²) in [6.07, 6.45) is 4.04. The Morgan fingerprint density at radius 3 is 2.27 bits per heavy atom. The van der Waals surface area contributed by atoms with Gasteiger partial charge in [0.05, 0.1) is 58.2 Å². The second-order valence-electron chi connectivity index (χ2n) is 12.2. The summed E-state index contributed by atoms with van der Waals surface area (Å²) in [6, 6.07) is 12.9. The van der Waals surface area contributed by atoms with Crippen LogP contribution in [0.15, 0.2) is 47.4 Å². The third-order valence-corrected chi connectivity index (χ3v) is 9.97. The average Bonchev–Trinajstić information content (AvgIpc) is 2.98. The Hall–Kier alpha value is -2.13. The van der Waals surface area contributed by atoms with Crippen molar-refractivity contribution in [3.63, 3.8) is 0 Å². The van der Waals surface area contributed by atoms with Gasteiger partial charge in [-0.25, -0.2) is 8.42 Å². The molecule has 1 aliphatic rings. The minimum absolute atomic E-state index is 0.0708. The van der Waals surface area contributed by atoms with E-state index in [1.165, 1.54) is 7.11 Å². The molecule has 1 unspecified atom stereocenters. The molecule has 8 heteroatoms. The Balaban J connectivity index is 1.99. The van der Waals surface area contributed by atoms with Crippen molar-refractivity contribution in [3.8, 4) is 11.5 Å². The highest BCUT2D eigenvalue weighted by Gasteiger charge is 2.49. The molecular formula is C32H50NO6S+. The minimum Gasteiger partial charge on any atom is -0.497 e. The Labute approximate surface area is 242 Å². The Morgan fingerprint density at radius 2 is 1.65 bits per heavy atom. The number of methoxy groups -OCH3 is 1. The van der Waals surface area contributed by atoms with Gasteiger partial charge in [-0.3, -0.25) is 0 Å². The van der Waals surface area contributed by atoms with E-state index in [4.69, 9.17) is 14.2 Å². The Bertz CT molecular complexity index is 1180. The van der Waals surface area contributed by atoms with Crippen molar-refractivity contribution in [2.45, 2.75) is 69.3 Å². The van der Waals surface area contributed by atoms with E-state index in [9.17, 15) is 13.5 Å². The van der Waals surface area contributed by atoms with Gasteiger partial charge in [0.25, 0.3) is 0 Å². The van der Waals surface area contributed by atoms with Crippen molar-refractivity contribution in [1.82, 2.24) is 0 Å². The number of aliphatic hydroxyl groups excluding tert-OH is 1. The summed E-state index contributed by atoms with van der Waals surface area (Å²) in [5, 5.41) is 12.2. The molecule has 0 bridgehead atoms. The maximum Gasteiger partial charge on any atom is 0.179 e. The van der Waals surface area contributed by atoms with Crippen LogP contribution in [0.5, 0.6) is 11.5 Å². The molecular weight excluding hydrogens is 526 g/mol. The summed E-state index contributed by atoms with van der Waals surface area (Å²) in [4.78, 5) is 0.253. The molecule has 2 aromatic rings. The van der Waals surface area contributed by atoms with Gasteiger partial charge in [-0.15, -0.1) is 0 Å². The van der Waals surface area contributed by atoms with Crippen LogP contribution in [0.4, 0.5) is 0 Å². The second-order valence-corrected chi connectivity index (χ2v) is 14.2. The van der Waals surface area contributed by atoms with Gasteiger partial charge in [0.2, 0.25) is 0 Å². The fraction of sp³-hybridized carbons (Fsp3) is 0.625. The molecule has 2 aromatic carbocycles. The van der Waals surface area contributed by atoms with E-state index in [0.29, 0.717) is 49.7 Å². The van der Waals surface area contributed by atoms with E-state index in [1.807, 2.05) is 30.3 Å². The van der Waals surface area contributed by atoms with Gasteiger partial charge in [-0.2, -0.15) is 0 Å². The van der Waals surface area contributed by atoms with Crippen LogP contribution in [0.3, 0.4) is 0 Å². The zero-order valence-electron chi connectivity index (χ0n) is 25.3. The lowest BCUT2D eigenvalue weighted by atomic mass is 9.68. The largest absolute Gasteiger partial charge is 0.497 e. The van der Waals surface area contributed by atoms with Crippen molar-refractivity contribution < 1.29 is 32.2 Å². The van der Waals surface area contributed by atoms with Gasteiger partial charge in [-0.1, -0.05) is 57.7 Å². The highest BCUT2D eigenvalue weighted by molar-refractivity contribution is 7.91. The lowest BCUT2D eigenvalue weighted by Crippen LogP contribution is -2.43. The number of likely N-dealkylation sites (N-methyl/N-ethyl adjacent to an activating group) is 1. The van der Waals surface area contributed by atoms with Crippen LogP contribution < -0.4 is 9.47 Å². The topological polar surface area (TPSA) is 82.1 Å². The molecule has 0 amide bonds. The monoisotopic (exact) mass is 576 g/mol. The first-order valence-corrected chi connectivity index (χ1v) is 16.3. The molecule has 0 saturated carbocycles. The molecule has 40 heavy (non-hydrogen) atoms. The standard InChI is InChI=1S/C32H50NO6S/c1-7-9-16-32(17-10-8-2)24-40(35,36)29-23-26(37-6)14-15-28(29)30(31(32)34)25-12-11-13-27(22-25)39-21-20-38-19-18-33(3,4)5/h11-15,22-23,30-31,34H,7-10,16-21,24H2,1-6H3/q+1/t30-,31?/m1/s1. The quantitative estimate of drug-likeness (QED) is 0.225. The van der Waals surface area contributed by atoms with Crippen LogP contribution in [0.1, 0.15) is 69.4 Å². The van der Waals surface area contributed by atoms with Gasteiger partial charge in [-0.05, 0) is 48.2 Å². The van der Waals surface area contributed by atoms with Gasteiger partial charge < -0.3 is 23.8 Å². The van der Waals surface area contributed by atoms with Gasteiger partial charge >= 0.3 is 0 Å². The lowest BCUT2D eigenvalue weighted by molar-refractivity contribution is -0.870. The molecule has 0 saturated heterocycles. The molecule has 1 aliphatic heterocycles. The fourth-order valence-electron chi connectivity index (χ4n) is 5.67. The maximum atomic E-state index is 14.0. The van der Waals surface area contributed by atoms with E-state index in [-0.39, 0.29) is 10.6 Å². The summed E-state index contributed by atoms with van der Waals surface area (Å²) in [5.41, 5.74) is 0.707. The van der Waals surface area contributed by atoms with E-state index >= 15 is 0 Å². The second kappa shape index (κ2) is 14.2. The molecule has 1 N–H and O–H groups in total. The molecule has 0 spiro atoms. The zero-order valence-corrected chi connectivity index (χ0v) is 26.1. The van der Waals surface area contributed by atoms with Crippen molar-refractivity contribution in [1.29, 1.82) is 0 Å². The summed E-state index contributed by atoms with van der Waals surface area (Å²) in [5.74, 6) is 0.581. The smallest absolute Gasteiger partial charge is 0.179 e. The van der Waals surface area contributed by atoms with Crippen LogP contribution in [0.2, 0.25) is 0 Å². The van der Waals surface area contributed by atoms with E-state index in [2.05, 4.69) is 35.0 Å². The molecule has 0 radical (unpaired) electrons. The number of ether oxygens (including phenoxy) is 3. The zero-order chi connectivity index (χ0) is 29.4. The molecule has 2 atom stereocenters. The number of rotatable bonds is 15. The molecule has 3 rings (SSSR count). The number of sulfone groups is 1. The number of benzene rings is 2. The molecule has 7 nitrogen and oxygen atoms in total. The van der Waals surface area contributed by atoms with Gasteiger partial charge in [0, 0.05) is 11.3 Å². The van der Waals surface area contributed by atoms with Gasteiger partial charge in [0.15, 0.2) is 9.84 Å². The highest BCUT2D eigenvalue weighted by Crippen LogP contribution is 2.50. The molecule has 0 aliphatic carbocycles. The summed E-state index contributed by atoms with van der Waals surface area (Å²) >= 11 is 0. The third kappa shape index (κ3) is 8.21. The maximum absolute atomic E-state index is 14.0. The highest BCUT2D eigenvalue weighted by atomic mass is 32.2.